The predicted octanol–water partition coefficient (Wildman–Crippen LogP) is 3.48. The molecule has 0 saturated carbocycles. The molecule has 0 saturated heterocycles. The first-order valence-corrected chi connectivity index (χ1v) is 9.55. The van der Waals surface area contributed by atoms with Gasteiger partial charge in [0, 0.05) is 10.7 Å². The zero-order valence-corrected chi connectivity index (χ0v) is 16.8. The van der Waals surface area contributed by atoms with Crippen LogP contribution in [0.2, 0.25) is 0 Å². The Labute approximate surface area is 166 Å². The van der Waals surface area contributed by atoms with Gasteiger partial charge in [0.05, 0.1) is 12.0 Å². The smallest absolute Gasteiger partial charge is 0.283 e. The lowest BCUT2D eigenvalue weighted by Crippen LogP contribution is -2.23. The Morgan fingerprint density at radius 2 is 2.11 bits per heavy atom. The van der Waals surface area contributed by atoms with Gasteiger partial charge in [0.1, 0.15) is 11.2 Å². The molecular formula is C17H14BrN5O3S. The lowest BCUT2D eigenvalue weighted by Gasteiger charge is -2.06. The molecule has 138 valence electrons. The highest BCUT2D eigenvalue weighted by molar-refractivity contribution is 9.10. The van der Waals surface area contributed by atoms with E-state index >= 15 is 0 Å². The fourth-order valence-corrected chi connectivity index (χ4v) is 3.30. The molecule has 4 aromatic rings. The maximum atomic E-state index is 13.0. The van der Waals surface area contributed by atoms with Gasteiger partial charge >= 0.3 is 0 Å². The van der Waals surface area contributed by atoms with Gasteiger partial charge in [-0.15, -0.1) is 5.10 Å². The summed E-state index contributed by atoms with van der Waals surface area (Å²) < 4.78 is 14.6. The van der Waals surface area contributed by atoms with E-state index in [-0.39, 0.29) is 11.4 Å². The van der Waals surface area contributed by atoms with Crippen molar-refractivity contribution < 1.29 is 8.37 Å². The minimum absolute atomic E-state index is 0.237. The maximum absolute atomic E-state index is 13.0. The second-order valence-corrected chi connectivity index (χ2v) is 7.16. The summed E-state index contributed by atoms with van der Waals surface area (Å²) >= 11 is 4.24. The number of hydrogen-bond donors (Lipinski definition) is 0. The molecule has 0 aliphatic heterocycles. The van der Waals surface area contributed by atoms with Gasteiger partial charge in [0.25, 0.3) is 11.4 Å². The molecule has 1 aromatic carbocycles. The number of imidazole rings is 1. The molecule has 0 N–H and O–H groups in total. The Bertz CT molecular complexity index is 1210. The summed E-state index contributed by atoms with van der Waals surface area (Å²) in [6, 6.07) is 9.09. The van der Waals surface area contributed by atoms with E-state index in [1.165, 1.54) is 0 Å². The van der Waals surface area contributed by atoms with Crippen LogP contribution >= 0.6 is 28.3 Å². The van der Waals surface area contributed by atoms with Gasteiger partial charge in [0.15, 0.2) is 0 Å². The normalized spacial score (nSPS) is 11.4. The van der Waals surface area contributed by atoms with Crippen LogP contribution in [-0.4, -0.2) is 31.0 Å². The van der Waals surface area contributed by atoms with Crippen molar-refractivity contribution in [3.8, 4) is 11.7 Å². The lowest BCUT2D eigenvalue weighted by atomic mass is 10.2. The highest BCUT2D eigenvalue weighted by Gasteiger charge is 2.20. The van der Waals surface area contributed by atoms with E-state index in [4.69, 9.17) is 8.37 Å². The number of aryl methyl sites for hydroxylation is 1. The Kier molecular flexibility index (Phi) is 4.85. The van der Waals surface area contributed by atoms with Crippen molar-refractivity contribution in [2.24, 2.45) is 0 Å². The van der Waals surface area contributed by atoms with E-state index in [0.717, 1.165) is 27.0 Å². The van der Waals surface area contributed by atoms with Crippen molar-refractivity contribution in [3.63, 3.8) is 0 Å². The number of pyridine rings is 1. The number of nitrogens with zero attached hydrogens (tertiary/aromatic N) is 5. The third kappa shape index (κ3) is 3.31. The zero-order valence-electron chi connectivity index (χ0n) is 14.4. The lowest BCUT2D eigenvalue weighted by molar-refractivity contribution is 0.366. The minimum Gasteiger partial charge on any atom is -0.377 e. The van der Waals surface area contributed by atoms with Gasteiger partial charge in [-0.2, -0.15) is 4.68 Å². The number of fused-ring (bicyclic) bond motifs is 2. The summed E-state index contributed by atoms with van der Waals surface area (Å²) in [5, 5.41) is 8.66. The molecule has 0 fully saturated rings. The Balaban J connectivity index is 1.95. The van der Waals surface area contributed by atoms with Gasteiger partial charge in [-0.3, -0.25) is 13.4 Å². The first-order chi connectivity index (χ1) is 13.1. The molecule has 0 bridgehead atoms. The van der Waals surface area contributed by atoms with Crippen LogP contribution in [-0.2, 0) is 4.18 Å². The largest absolute Gasteiger partial charge is 0.377 e. The van der Waals surface area contributed by atoms with Crippen LogP contribution in [0.1, 0.15) is 12.5 Å². The first kappa shape index (κ1) is 18.0. The summed E-state index contributed by atoms with van der Waals surface area (Å²) in [6.45, 7) is 4.23. The molecule has 8 nitrogen and oxygen atoms in total. The topological polar surface area (TPSA) is 83.5 Å². The van der Waals surface area contributed by atoms with E-state index in [0.29, 0.717) is 29.0 Å². The zero-order chi connectivity index (χ0) is 19.0. The third-order valence-corrected chi connectivity index (χ3v) is 4.84. The summed E-state index contributed by atoms with van der Waals surface area (Å²) in [6.07, 6.45) is 1.79. The number of aromatic nitrogens is 5. The third-order valence-electron chi connectivity index (χ3n) is 3.82. The summed E-state index contributed by atoms with van der Waals surface area (Å²) in [4.78, 5) is 17.5. The SMILES string of the molecule is CCOSOc1c(-n2nnc3ccc(C)cc3c2=O)nc2ccc(Br)cn12. The molecule has 0 aliphatic rings. The van der Waals surface area contributed by atoms with E-state index < -0.39 is 0 Å². The molecule has 3 aromatic heterocycles. The molecule has 0 amide bonds. The number of benzene rings is 1. The van der Waals surface area contributed by atoms with Crippen LogP contribution in [0.25, 0.3) is 22.4 Å². The van der Waals surface area contributed by atoms with Crippen molar-refractivity contribution in [2.75, 3.05) is 6.61 Å². The number of halogens is 1. The van der Waals surface area contributed by atoms with Crippen molar-refractivity contribution in [2.45, 2.75) is 13.8 Å². The first-order valence-electron chi connectivity index (χ1n) is 8.09. The molecule has 3 heterocycles. The highest BCUT2D eigenvalue weighted by atomic mass is 79.9. The van der Waals surface area contributed by atoms with Crippen LogP contribution in [0.3, 0.4) is 0 Å². The van der Waals surface area contributed by atoms with E-state index in [9.17, 15) is 4.79 Å². The highest BCUT2D eigenvalue weighted by Crippen LogP contribution is 2.28. The average Bonchev–Trinajstić information content (AvgIpc) is 3.00. The molecule has 4 rings (SSSR count). The van der Waals surface area contributed by atoms with Crippen LogP contribution in [0.4, 0.5) is 0 Å². The van der Waals surface area contributed by atoms with Gasteiger partial charge in [-0.05, 0) is 54.0 Å². The molecular weight excluding hydrogens is 434 g/mol. The fourth-order valence-electron chi connectivity index (χ4n) is 2.60. The Hall–Kier alpha value is -2.43. The van der Waals surface area contributed by atoms with Gasteiger partial charge in [0.2, 0.25) is 18.1 Å². The number of hydrogen-bond acceptors (Lipinski definition) is 7. The number of rotatable bonds is 5. The quantitative estimate of drug-likeness (QED) is 0.342. The minimum atomic E-state index is -0.322. The van der Waals surface area contributed by atoms with Crippen molar-refractivity contribution >= 4 is 44.8 Å². The van der Waals surface area contributed by atoms with Gasteiger partial charge in [-0.25, -0.2) is 4.98 Å². The monoisotopic (exact) mass is 447 g/mol. The molecule has 0 atom stereocenters. The fraction of sp³-hybridized carbons (Fsp3) is 0.176. The van der Waals surface area contributed by atoms with Gasteiger partial charge in [-0.1, -0.05) is 16.8 Å². The van der Waals surface area contributed by atoms with Gasteiger partial charge < -0.3 is 4.18 Å². The van der Waals surface area contributed by atoms with E-state index in [1.54, 1.807) is 28.8 Å². The van der Waals surface area contributed by atoms with Crippen LogP contribution < -0.4 is 9.74 Å². The molecule has 0 unspecified atom stereocenters. The van der Waals surface area contributed by atoms with Crippen molar-refractivity contribution in [1.29, 1.82) is 0 Å². The van der Waals surface area contributed by atoms with E-state index in [2.05, 4.69) is 31.2 Å². The van der Waals surface area contributed by atoms with Crippen LogP contribution in [0.15, 0.2) is 45.8 Å². The molecule has 0 aliphatic carbocycles. The molecule has 10 heteroatoms. The average molecular weight is 448 g/mol. The van der Waals surface area contributed by atoms with Crippen molar-refractivity contribution in [3.05, 3.63) is 56.9 Å². The standard InChI is InChI=1S/C17H14BrN5O3S/c1-3-25-27-26-17-15(19-14-7-5-11(18)9-22(14)17)23-16(24)12-8-10(2)4-6-13(12)20-21-23/h4-9H,3H2,1-2H3. The van der Waals surface area contributed by atoms with Crippen LogP contribution in [0.5, 0.6) is 5.88 Å². The molecule has 0 radical (unpaired) electrons. The molecule has 27 heavy (non-hydrogen) atoms. The summed E-state index contributed by atoms with van der Waals surface area (Å²) in [5.74, 6) is 0.550. The molecule has 0 spiro atoms. The second kappa shape index (κ2) is 7.29. The second-order valence-electron chi connectivity index (χ2n) is 5.70. The predicted molar refractivity (Wildman–Crippen MR) is 106 cm³/mol. The Morgan fingerprint density at radius 3 is 2.93 bits per heavy atom. The maximum Gasteiger partial charge on any atom is 0.283 e. The summed E-state index contributed by atoms with van der Waals surface area (Å²) in [5.41, 5.74) is 1.76. The Morgan fingerprint density at radius 1 is 1.26 bits per heavy atom. The van der Waals surface area contributed by atoms with Crippen LogP contribution in [0, 0.1) is 6.92 Å². The van der Waals surface area contributed by atoms with Crippen molar-refractivity contribution in [1.82, 2.24) is 24.4 Å². The van der Waals surface area contributed by atoms with E-state index in [1.807, 2.05) is 26.0 Å². The summed E-state index contributed by atoms with van der Waals surface area (Å²) in [7, 11) is 0.